The fourth-order valence-electron chi connectivity index (χ4n) is 4.43. The highest BCUT2D eigenvalue weighted by atomic mass is 16.5. The number of nitrogens with one attached hydrogen (secondary N) is 1. The second kappa shape index (κ2) is 4.89. The zero-order valence-electron chi connectivity index (χ0n) is 12.0. The number of hydrogen-bond donors (Lipinski definition) is 1. The summed E-state index contributed by atoms with van der Waals surface area (Å²) in [6, 6.07) is 0.719. The number of ether oxygens (including phenoxy) is 1. The van der Waals surface area contributed by atoms with E-state index in [1.807, 2.05) is 0 Å². The van der Waals surface area contributed by atoms with Crippen LogP contribution in [0.2, 0.25) is 0 Å². The molecule has 2 rings (SSSR count). The van der Waals surface area contributed by atoms with Gasteiger partial charge in [0, 0.05) is 19.8 Å². The SMILES string of the molecule is COCCCCNC1C2(C)CCC(C2)C1(C)C. The topological polar surface area (TPSA) is 21.3 Å². The molecule has 0 aliphatic heterocycles. The summed E-state index contributed by atoms with van der Waals surface area (Å²) in [5.74, 6) is 0.948. The number of methoxy groups -OCH3 is 1. The molecular formula is C15H29NO. The first-order chi connectivity index (χ1) is 8.00. The summed E-state index contributed by atoms with van der Waals surface area (Å²) in [6.45, 7) is 9.48. The van der Waals surface area contributed by atoms with E-state index in [1.54, 1.807) is 7.11 Å². The van der Waals surface area contributed by atoms with Gasteiger partial charge >= 0.3 is 0 Å². The third-order valence-electron chi connectivity index (χ3n) is 5.39. The lowest BCUT2D eigenvalue weighted by atomic mass is 9.68. The minimum absolute atomic E-state index is 0.494. The zero-order valence-corrected chi connectivity index (χ0v) is 12.0. The predicted molar refractivity (Wildman–Crippen MR) is 72.1 cm³/mol. The van der Waals surface area contributed by atoms with Crippen molar-refractivity contribution in [3.63, 3.8) is 0 Å². The molecule has 3 unspecified atom stereocenters. The Balaban J connectivity index is 1.83. The van der Waals surface area contributed by atoms with Gasteiger partial charge in [0.2, 0.25) is 0 Å². The molecule has 0 amide bonds. The molecule has 0 heterocycles. The summed E-state index contributed by atoms with van der Waals surface area (Å²) >= 11 is 0. The number of hydrogen-bond acceptors (Lipinski definition) is 2. The van der Waals surface area contributed by atoms with Crippen LogP contribution in [-0.4, -0.2) is 26.3 Å². The summed E-state index contributed by atoms with van der Waals surface area (Å²) in [6.07, 6.45) is 6.73. The smallest absolute Gasteiger partial charge is 0.0462 e. The number of rotatable bonds is 6. The fraction of sp³-hybridized carbons (Fsp3) is 1.00. The first-order valence-electron chi connectivity index (χ1n) is 7.23. The van der Waals surface area contributed by atoms with Crippen LogP contribution in [0.15, 0.2) is 0 Å². The molecule has 2 saturated carbocycles. The monoisotopic (exact) mass is 239 g/mol. The molecule has 2 aliphatic rings. The molecule has 0 aromatic rings. The molecule has 2 fully saturated rings. The molecule has 0 radical (unpaired) electrons. The van der Waals surface area contributed by atoms with E-state index >= 15 is 0 Å². The van der Waals surface area contributed by atoms with Crippen molar-refractivity contribution in [2.75, 3.05) is 20.3 Å². The highest BCUT2D eigenvalue weighted by Gasteiger charge is 2.58. The average molecular weight is 239 g/mol. The molecule has 3 atom stereocenters. The minimum atomic E-state index is 0.494. The Morgan fingerprint density at radius 2 is 2.00 bits per heavy atom. The number of fused-ring (bicyclic) bond motifs is 2. The Hall–Kier alpha value is -0.0800. The molecule has 1 N–H and O–H groups in total. The summed E-state index contributed by atoms with van der Waals surface area (Å²) in [4.78, 5) is 0. The van der Waals surface area contributed by atoms with Crippen LogP contribution in [0.25, 0.3) is 0 Å². The molecule has 2 nitrogen and oxygen atoms in total. The summed E-state index contributed by atoms with van der Waals surface area (Å²) in [7, 11) is 1.79. The minimum Gasteiger partial charge on any atom is -0.385 e. The highest BCUT2D eigenvalue weighted by Crippen LogP contribution is 2.62. The van der Waals surface area contributed by atoms with Crippen LogP contribution < -0.4 is 5.32 Å². The van der Waals surface area contributed by atoms with E-state index in [1.165, 1.54) is 32.1 Å². The van der Waals surface area contributed by atoms with Crippen molar-refractivity contribution in [2.45, 2.75) is 58.9 Å². The predicted octanol–water partition coefficient (Wildman–Crippen LogP) is 3.22. The Morgan fingerprint density at radius 1 is 1.24 bits per heavy atom. The second-order valence-corrected chi connectivity index (χ2v) is 7.00. The summed E-state index contributed by atoms with van der Waals surface area (Å²) in [5.41, 5.74) is 1.06. The van der Waals surface area contributed by atoms with E-state index in [9.17, 15) is 0 Å². The second-order valence-electron chi connectivity index (χ2n) is 7.00. The van der Waals surface area contributed by atoms with E-state index in [0.29, 0.717) is 10.8 Å². The Labute approximate surface area is 107 Å². The standard InChI is InChI=1S/C15H29NO/c1-14(2)12-7-8-15(3,11-12)13(14)16-9-5-6-10-17-4/h12-13,16H,5-11H2,1-4H3. The van der Waals surface area contributed by atoms with Crippen molar-refractivity contribution in [3.8, 4) is 0 Å². The van der Waals surface area contributed by atoms with Crippen LogP contribution in [0.1, 0.15) is 52.9 Å². The van der Waals surface area contributed by atoms with Crippen LogP contribution in [0.5, 0.6) is 0 Å². The quantitative estimate of drug-likeness (QED) is 0.719. The van der Waals surface area contributed by atoms with E-state index in [-0.39, 0.29) is 0 Å². The Bertz CT molecular complexity index is 259. The molecular weight excluding hydrogens is 210 g/mol. The molecule has 2 aliphatic carbocycles. The van der Waals surface area contributed by atoms with Gasteiger partial charge in [0.25, 0.3) is 0 Å². The van der Waals surface area contributed by atoms with Gasteiger partial charge in [0.1, 0.15) is 0 Å². The van der Waals surface area contributed by atoms with Crippen LogP contribution >= 0.6 is 0 Å². The van der Waals surface area contributed by atoms with E-state index in [2.05, 4.69) is 26.1 Å². The van der Waals surface area contributed by atoms with Gasteiger partial charge in [-0.3, -0.25) is 0 Å². The van der Waals surface area contributed by atoms with Gasteiger partial charge in [-0.15, -0.1) is 0 Å². The van der Waals surface area contributed by atoms with Gasteiger partial charge in [-0.1, -0.05) is 20.8 Å². The first-order valence-corrected chi connectivity index (χ1v) is 7.23. The molecule has 0 saturated heterocycles. The van der Waals surface area contributed by atoms with Crippen LogP contribution in [0.3, 0.4) is 0 Å². The van der Waals surface area contributed by atoms with Gasteiger partial charge in [-0.25, -0.2) is 0 Å². The third kappa shape index (κ3) is 2.39. The zero-order chi connectivity index (χ0) is 12.5. The van der Waals surface area contributed by atoms with Gasteiger partial charge < -0.3 is 10.1 Å². The molecule has 100 valence electrons. The maximum Gasteiger partial charge on any atom is 0.0462 e. The lowest BCUT2D eigenvalue weighted by Crippen LogP contribution is -2.50. The van der Waals surface area contributed by atoms with Crippen LogP contribution in [-0.2, 0) is 4.74 Å². The normalized spacial score (nSPS) is 38.8. The number of unbranched alkanes of at least 4 members (excludes halogenated alkanes) is 1. The van der Waals surface area contributed by atoms with E-state index in [4.69, 9.17) is 4.74 Å². The van der Waals surface area contributed by atoms with Gasteiger partial charge in [0.05, 0.1) is 0 Å². The van der Waals surface area contributed by atoms with E-state index in [0.717, 1.165) is 25.1 Å². The lowest BCUT2D eigenvalue weighted by Gasteiger charge is -2.43. The maximum absolute atomic E-state index is 5.10. The molecule has 2 bridgehead atoms. The molecule has 0 aromatic heterocycles. The molecule has 2 heteroatoms. The van der Waals surface area contributed by atoms with E-state index < -0.39 is 0 Å². The Morgan fingerprint density at radius 3 is 2.59 bits per heavy atom. The average Bonchev–Trinajstić information content (AvgIpc) is 2.73. The van der Waals surface area contributed by atoms with Gasteiger partial charge in [-0.2, -0.15) is 0 Å². The van der Waals surface area contributed by atoms with Crippen molar-refractivity contribution in [2.24, 2.45) is 16.7 Å². The van der Waals surface area contributed by atoms with Crippen molar-refractivity contribution in [1.82, 2.24) is 5.32 Å². The van der Waals surface area contributed by atoms with Crippen LogP contribution in [0, 0.1) is 16.7 Å². The lowest BCUT2D eigenvalue weighted by molar-refractivity contribution is 0.108. The Kier molecular flexibility index (Phi) is 3.84. The van der Waals surface area contributed by atoms with Crippen molar-refractivity contribution >= 4 is 0 Å². The van der Waals surface area contributed by atoms with Crippen molar-refractivity contribution in [3.05, 3.63) is 0 Å². The van der Waals surface area contributed by atoms with Gasteiger partial charge in [0.15, 0.2) is 0 Å². The summed E-state index contributed by atoms with van der Waals surface area (Å²) in [5, 5.41) is 3.85. The largest absolute Gasteiger partial charge is 0.385 e. The maximum atomic E-state index is 5.10. The van der Waals surface area contributed by atoms with Crippen LogP contribution in [0.4, 0.5) is 0 Å². The third-order valence-corrected chi connectivity index (χ3v) is 5.39. The highest BCUT2D eigenvalue weighted by molar-refractivity contribution is 5.11. The van der Waals surface area contributed by atoms with Crippen molar-refractivity contribution < 1.29 is 4.74 Å². The fourth-order valence-corrected chi connectivity index (χ4v) is 4.43. The van der Waals surface area contributed by atoms with Crippen molar-refractivity contribution in [1.29, 1.82) is 0 Å². The molecule has 0 aromatic carbocycles. The molecule has 0 spiro atoms. The molecule has 17 heavy (non-hydrogen) atoms. The van der Waals surface area contributed by atoms with Gasteiger partial charge in [-0.05, 0) is 55.4 Å². The summed E-state index contributed by atoms with van der Waals surface area (Å²) < 4.78 is 5.10. The first kappa shape index (κ1) is 13.4.